The molecular formula is C14H19ClN4O2. The highest BCUT2D eigenvalue weighted by atomic mass is 35.5. The van der Waals surface area contributed by atoms with Gasteiger partial charge in [0.1, 0.15) is 0 Å². The van der Waals surface area contributed by atoms with Crippen LogP contribution in [0.1, 0.15) is 6.42 Å². The first-order valence-electron chi connectivity index (χ1n) is 6.91. The Hall–Kier alpha value is -1.79. The van der Waals surface area contributed by atoms with Gasteiger partial charge >= 0.3 is 6.03 Å². The van der Waals surface area contributed by atoms with Crippen LogP contribution in [-0.2, 0) is 4.79 Å². The lowest BCUT2D eigenvalue weighted by atomic mass is 10.2. The Morgan fingerprint density at radius 2 is 1.71 bits per heavy atom. The van der Waals surface area contributed by atoms with Gasteiger partial charge < -0.3 is 10.2 Å². The second kappa shape index (κ2) is 6.78. The standard InChI is InChI=1S/C14H18N4O2.ClH/c19-13-4-7-18(14(20)16-13)12-3-1-2-11(10-12)17-8-5-15-6-9-17;/h1-3,10,15H,4-9H2,(H,16,19,20);1H. The van der Waals surface area contributed by atoms with E-state index in [1.807, 2.05) is 18.2 Å². The SMILES string of the molecule is Cl.O=C1CCN(c2cccc(N3CCNCC3)c2)C(=O)N1. The van der Waals surface area contributed by atoms with E-state index in [4.69, 9.17) is 0 Å². The zero-order chi connectivity index (χ0) is 13.9. The van der Waals surface area contributed by atoms with Crippen molar-refractivity contribution in [1.29, 1.82) is 0 Å². The summed E-state index contributed by atoms with van der Waals surface area (Å²) in [7, 11) is 0. The van der Waals surface area contributed by atoms with Gasteiger partial charge in [-0.05, 0) is 18.2 Å². The Balaban J connectivity index is 0.00000161. The van der Waals surface area contributed by atoms with Gasteiger partial charge in [-0.3, -0.25) is 15.0 Å². The maximum atomic E-state index is 11.9. The maximum absolute atomic E-state index is 11.9. The predicted molar refractivity (Wildman–Crippen MR) is 84.3 cm³/mol. The molecule has 0 atom stereocenters. The quantitative estimate of drug-likeness (QED) is 0.854. The van der Waals surface area contributed by atoms with E-state index < -0.39 is 0 Å². The number of halogens is 1. The van der Waals surface area contributed by atoms with E-state index in [1.54, 1.807) is 4.90 Å². The van der Waals surface area contributed by atoms with E-state index in [9.17, 15) is 9.59 Å². The van der Waals surface area contributed by atoms with E-state index >= 15 is 0 Å². The van der Waals surface area contributed by atoms with Crippen LogP contribution in [0.15, 0.2) is 24.3 Å². The van der Waals surface area contributed by atoms with E-state index in [-0.39, 0.29) is 24.3 Å². The first-order valence-corrected chi connectivity index (χ1v) is 6.91. The summed E-state index contributed by atoms with van der Waals surface area (Å²) in [6.45, 7) is 4.32. The summed E-state index contributed by atoms with van der Waals surface area (Å²) >= 11 is 0. The van der Waals surface area contributed by atoms with Crippen molar-refractivity contribution in [1.82, 2.24) is 10.6 Å². The van der Waals surface area contributed by atoms with E-state index in [0.29, 0.717) is 13.0 Å². The van der Waals surface area contributed by atoms with Crippen molar-refractivity contribution >= 4 is 35.7 Å². The zero-order valence-corrected chi connectivity index (χ0v) is 12.5. The van der Waals surface area contributed by atoms with Crippen molar-refractivity contribution in [3.63, 3.8) is 0 Å². The minimum Gasteiger partial charge on any atom is -0.369 e. The van der Waals surface area contributed by atoms with Crippen molar-refractivity contribution in [3.05, 3.63) is 24.3 Å². The van der Waals surface area contributed by atoms with Crippen molar-refractivity contribution in [2.24, 2.45) is 0 Å². The highest BCUT2D eigenvalue weighted by molar-refractivity contribution is 6.05. The topological polar surface area (TPSA) is 64.7 Å². The predicted octanol–water partition coefficient (Wildman–Crippen LogP) is 0.964. The number of amides is 3. The third-order valence-corrected chi connectivity index (χ3v) is 3.68. The number of piperazine rings is 1. The Labute approximate surface area is 129 Å². The summed E-state index contributed by atoms with van der Waals surface area (Å²) in [5, 5.41) is 5.67. The van der Waals surface area contributed by atoms with Crippen molar-refractivity contribution in [2.45, 2.75) is 6.42 Å². The molecule has 0 unspecified atom stereocenters. The van der Waals surface area contributed by atoms with Crippen molar-refractivity contribution in [2.75, 3.05) is 42.5 Å². The molecule has 0 aliphatic carbocycles. The summed E-state index contributed by atoms with van der Waals surface area (Å²) in [5.41, 5.74) is 1.96. The fourth-order valence-electron chi connectivity index (χ4n) is 2.59. The molecule has 0 aromatic heterocycles. The van der Waals surface area contributed by atoms with Gasteiger partial charge in [0.2, 0.25) is 5.91 Å². The minimum absolute atomic E-state index is 0. The van der Waals surface area contributed by atoms with Crippen LogP contribution in [0, 0.1) is 0 Å². The minimum atomic E-state index is -0.335. The largest absolute Gasteiger partial charge is 0.369 e. The van der Waals surface area contributed by atoms with Gasteiger partial charge in [0.15, 0.2) is 0 Å². The lowest BCUT2D eigenvalue weighted by molar-refractivity contribution is -0.120. The molecule has 6 nitrogen and oxygen atoms in total. The second-order valence-electron chi connectivity index (χ2n) is 5.01. The molecule has 114 valence electrons. The van der Waals surface area contributed by atoms with E-state index in [0.717, 1.165) is 37.6 Å². The monoisotopic (exact) mass is 310 g/mol. The van der Waals surface area contributed by atoms with Crippen LogP contribution in [-0.4, -0.2) is 44.7 Å². The lowest BCUT2D eigenvalue weighted by Crippen LogP contribution is -2.49. The summed E-state index contributed by atoms with van der Waals surface area (Å²) < 4.78 is 0. The van der Waals surface area contributed by atoms with Crippen molar-refractivity contribution in [3.8, 4) is 0 Å². The van der Waals surface area contributed by atoms with Gasteiger partial charge in [-0.2, -0.15) is 0 Å². The Morgan fingerprint density at radius 1 is 1.00 bits per heavy atom. The lowest BCUT2D eigenvalue weighted by Gasteiger charge is -2.31. The number of benzene rings is 1. The summed E-state index contributed by atoms with van der Waals surface area (Å²) in [6, 6.07) is 7.60. The van der Waals surface area contributed by atoms with Crippen LogP contribution in [0.25, 0.3) is 0 Å². The Morgan fingerprint density at radius 3 is 2.43 bits per heavy atom. The number of nitrogens with zero attached hydrogens (tertiary/aromatic N) is 2. The molecule has 2 aliphatic rings. The highest BCUT2D eigenvalue weighted by Gasteiger charge is 2.24. The molecule has 2 heterocycles. The molecule has 0 saturated carbocycles. The molecule has 1 aromatic carbocycles. The van der Waals surface area contributed by atoms with Gasteiger partial charge in [-0.15, -0.1) is 12.4 Å². The number of hydrogen-bond donors (Lipinski definition) is 2. The van der Waals surface area contributed by atoms with Gasteiger partial charge in [0.25, 0.3) is 0 Å². The van der Waals surface area contributed by atoms with Crippen LogP contribution < -0.4 is 20.4 Å². The number of carbonyl (C=O) groups is 2. The van der Waals surface area contributed by atoms with Gasteiger partial charge in [0, 0.05) is 50.5 Å². The first kappa shape index (κ1) is 15.6. The second-order valence-corrected chi connectivity index (χ2v) is 5.01. The number of urea groups is 1. The number of hydrogen-bond acceptors (Lipinski definition) is 4. The van der Waals surface area contributed by atoms with Crippen molar-refractivity contribution < 1.29 is 9.59 Å². The van der Waals surface area contributed by atoms with Crippen LogP contribution >= 0.6 is 12.4 Å². The number of carbonyl (C=O) groups excluding carboxylic acids is 2. The number of anilines is 2. The molecule has 2 N–H and O–H groups in total. The molecule has 2 saturated heterocycles. The van der Waals surface area contributed by atoms with Gasteiger partial charge in [-0.1, -0.05) is 6.07 Å². The molecule has 7 heteroatoms. The summed E-state index contributed by atoms with van der Waals surface area (Å²) in [4.78, 5) is 27.0. The zero-order valence-electron chi connectivity index (χ0n) is 11.7. The summed E-state index contributed by atoms with van der Waals surface area (Å²) in [6.07, 6.45) is 0.351. The van der Waals surface area contributed by atoms with Gasteiger partial charge in [0.05, 0.1) is 0 Å². The number of rotatable bonds is 2. The van der Waals surface area contributed by atoms with Gasteiger partial charge in [-0.25, -0.2) is 4.79 Å². The molecule has 2 fully saturated rings. The van der Waals surface area contributed by atoms with Crippen LogP contribution in [0.3, 0.4) is 0 Å². The molecule has 0 spiro atoms. The molecule has 3 amide bonds. The smallest absolute Gasteiger partial charge is 0.328 e. The molecule has 3 rings (SSSR count). The van der Waals surface area contributed by atoms with Crippen LogP contribution in [0.4, 0.5) is 16.2 Å². The molecule has 0 radical (unpaired) electrons. The molecule has 2 aliphatic heterocycles. The maximum Gasteiger partial charge on any atom is 0.328 e. The average Bonchev–Trinajstić information content (AvgIpc) is 2.48. The highest BCUT2D eigenvalue weighted by Crippen LogP contribution is 2.24. The average molecular weight is 311 g/mol. The first-order chi connectivity index (χ1) is 9.74. The third-order valence-electron chi connectivity index (χ3n) is 3.68. The summed E-state index contributed by atoms with van der Waals surface area (Å²) in [5.74, 6) is -0.204. The van der Waals surface area contributed by atoms with Crippen LogP contribution in [0.2, 0.25) is 0 Å². The normalized spacial score (nSPS) is 19.0. The molecular weight excluding hydrogens is 292 g/mol. The van der Waals surface area contributed by atoms with E-state index in [1.165, 1.54) is 0 Å². The Bertz CT molecular complexity index is 531. The number of nitrogens with one attached hydrogen (secondary N) is 2. The molecule has 21 heavy (non-hydrogen) atoms. The van der Waals surface area contributed by atoms with Crippen LogP contribution in [0.5, 0.6) is 0 Å². The fourth-order valence-corrected chi connectivity index (χ4v) is 2.59. The number of imide groups is 1. The van der Waals surface area contributed by atoms with E-state index in [2.05, 4.69) is 21.6 Å². The Kier molecular flexibility index (Phi) is 5.03. The molecule has 0 bridgehead atoms. The molecule has 1 aromatic rings. The third kappa shape index (κ3) is 3.46. The fraction of sp³-hybridized carbons (Fsp3) is 0.429.